The molecule has 76 valence electrons. The van der Waals surface area contributed by atoms with E-state index in [9.17, 15) is 4.79 Å². The number of para-hydroxylation sites is 1. The highest BCUT2D eigenvalue weighted by molar-refractivity contribution is 6.06. The number of amides is 1. The van der Waals surface area contributed by atoms with E-state index < -0.39 is 0 Å². The van der Waals surface area contributed by atoms with Gasteiger partial charge in [0.15, 0.2) is 0 Å². The molecule has 2 aromatic rings. The van der Waals surface area contributed by atoms with E-state index in [0.717, 1.165) is 10.9 Å². The third-order valence-corrected chi connectivity index (χ3v) is 2.21. The Balaban J connectivity index is 2.76. The van der Waals surface area contributed by atoms with E-state index in [-0.39, 0.29) is 5.91 Å². The maximum atomic E-state index is 11.6. The number of carbonyl (C=O) groups excluding carboxylic acids is 1. The van der Waals surface area contributed by atoms with Crippen LogP contribution in [-0.4, -0.2) is 17.9 Å². The van der Waals surface area contributed by atoms with Crippen molar-refractivity contribution >= 4 is 22.6 Å². The Morgan fingerprint density at radius 2 is 2.13 bits per heavy atom. The van der Waals surface area contributed by atoms with Crippen molar-refractivity contribution in [1.82, 2.24) is 10.3 Å². The molecule has 0 aliphatic heterocycles. The van der Waals surface area contributed by atoms with Crippen LogP contribution in [0.4, 0.5) is 5.82 Å². The second-order valence-electron chi connectivity index (χ2n) is 3.19. The number of carbonyl (C=O) groups is 1. The second kappa shape index (κ2) is 3.57. The van der Waals surface area contributed by atoms with Gasteiger partial charge in [0.1, 0.15) is 5.82 Å². The average Bonchev–Trinajstić information content (AvgIpc) is 2.26. The number of benzene rings is 1. The molecule has 0 saturated heterocycles. The van der Waals surface area contributed by atoms with Gasteiger partial charge in [-0.3, -0.25) is 4.79 Å². The molecule has 0 aliphatic rings. The molecular weight excluding hydrogens is 190 g/mol. The van der Waals surface area contributed by atoms with Crippen LogP contribution in [0.2, 0.25) is 0 Å². The van der Waals surface area contributed by atoms with Crippen LogP contribution in [0.15, 0.2) is 30.3 Å². The maximum Gasteiger partial charge on any atom is 0.251 e. The van der Waals surface area contributed by atoms with E-state index in [1.165, 1.54) is 0 Å². The van der Waals surface area contributed by atoms with Gasteiger partial charge in [-0.25, -0.2) is 4.98 Å². The van der Waals surface area contributed by atoms with Gasteiger partial charge in [-0.05, 0) is 12.1 Å². The minimum absolute atomic E-state index is 0.152. The number of anilines is 1. The number of nitrogens with one attached hydrogen (secondary N) is 1. The Hall–Kier alpha value is -2.10. The topological polar surface area (TPSA) is 68.0 Å². The molecule has 0 aliphatic carbocycles. The lowest BCUT2D eigenvalue weighted by Gasteiger charge is -2.05. The number of fused-ring (bicyclic) bond motifs is 1. The van der Waals surface area contributed by atoms with Crippen molar-refractivity contribution < 1.29 is 4.79 Å². The van der Waals surface area contributed by atoms with Crippen molar-refractivity contribution in [3.63, 3.8) is 0 Å². The summed E-state index contributed by atoms with van der Waals surface area (Å²) in [5.41, 5.74) is 6.91. The Bertz CT molecular complexity index is 522. The third-order valence-electron chi connectivity index (χ3n) is 2.21. The zero-order valence-electron chi connectivity index (χ0n) is 8.32. The predicted molar refractivity (Wildman–Crippen MR) is 59.5 cm³/mol. The summed E-state index contributed by atoms with van der Waals surface area (Å²) in [6, 6.07) is 9.00. The summed E-state index contributed by atoms with van der Waals surface area (Å²) < 4.78 is 0. The molecule has 0 unspecified atom stereocenters. The molecule has 3 N–H and O–H groups in total. The highest BCUT2D eigenvalue weighted by atomic mass is 16.1. The van der Waals surface area contributed by atoms with Crippen molar-refractivity contribution in [3.05, 3.63) is 35.9 Å². The lowest BCUT2D eigenvalue weighted by atomic mass is 10.1. The van der Waals surface area contributed by atoms with Gasteiger partial charge in [-0.15, -0.1) is 0 Å². The third kappa shape index (κ3) is 1.61. The molecule has 1 aromatic heterocycles. The quantitative estimate of drug-likeness (QED) is 0.727. The van der Waals surface area contributed by atoms with Gasteiger partial charge in [-0.1, -0.05) is 18.2 Å². The number of nitrogens with zero attached hydrogens (tertiary/aromatic N) is 1. The van der Waals surface area contributed by atoms with Crippen LogP contribution in [0, 0.1) is 0 Å². The van der Waals surface area contributed by atoms with Crippen LogP contribution in [0.5, 0.6) is 0 Å². The van der Waals surface area contributed by atoms with Crippen molar-refractivity contribution in [2.75, 3.05) is 12.8 Å². The number of rotatable bonds is 1. The van der Waals surface area contributed by atoms with Crippen LogP contribution < -0.4 is 11.1 Å². The SMILES string of the molecule is CNC(=O)c1cc(N)nc2ccccc12. The summed E-state index contributed by atoms with van der Waals surface area (Å²) in [6.07, 6.45) is 0. The molecule has 4 heteroatoms. The molecule has 1 aromatic carbocycles. The van der Waals surface area contributed by atoms with Crippen molar-refractivity contribution in [1.29, 1.82) is 0 Å². The Morgan fingerprint density at radius 3 is 2.87 bits per heavy atom. The number of hydrogen-bond donors (Lipinski definition) is 2. The maximum absolute atomic E-state index is 11.6. The number of hydrogen-bond acceptors (Lipinski definition) is 3. The number of pyridine rings is 1. The van der Waals surface area contributed by atoms with Crippen LogP contribution >= 0.6 is 0 Å². The van der Waals surface area contributed by atoms with E-state index in [0.29, 0.717) is 11.4 Å². The number of nitrogens with two attached hydrogens (primary N) is 1. The fourth-order valence-electron chi connectivity index (χ4n) is 1.52. The van der Waals surface area contributed by atoms with Gasteiger partial charge >= 0.3 is 0 Å². The molecule has 1 heterocycles. The van der Waals surface area contributed by atoms with E-state index in [1.54, 1.807) is 13.1 Å². The predicted octanol–water partition coefficient (Wildman–Crippen LogP) is 1.18. The van der Waals surface area contributed by atoms with Crippen LogP contribution in [0.25, 0.3) is 10.9 Å². The smallest absolute Gasteiger partial charge is 0.251 e. The highest BCUT2D eigenvalue weighted by Gasteiger charge is 2.09. The van der Waals surface area contributed by atoms with Gasteiger partial charge in [0, 0.05) is 12.4 Å². The Labute approximate surface area is 87.1 Å². The molecule has 2 rings (SSSR count). The molecule has 0 atom stereocenters. The van der Waals surface area contributed by atoms with Gasteiger partial charge < -0.3 is 11.1 Å². The zero-order valence-corrected chi connectivity index (χ0v) is 8.32. The van der Waals surface area contributed by atoms with E-state index >= 15 is 0 Å². The first-order valence-corrected chi connectivity index (χ1v) is 4.59. The molecule has 15 heavy (non-hydrogen) atoms. The van der Waals surface area contributed by atoms with Gasteiger partial charge in [0.05, 0.1) is 11.1 Å². The molecule has 4 nitrogen and oxygen atoms in total. The molecule has 0 saturated carbocycles. The standard InChI is InChI=1S/C11H11N3O/c1-13-11(15)8-6-10(12)14-9-5-3-2-4-7(8)9/h2-6H,1H3,(H2,12,14)(H,13,15). The average molecular weight is 201 g/mol. The van der Waals surface area contributed by atoms with Crippen molar-refractivity contribution in [2.45, 2.75) is 0 Å². The monoisotopic (exact) mass is 201 g/mol. The molecule has 0 spiro atoms. The Morgan fingerprint density at radius 1 is 1.40 bits per heavy atom. The van der Waals surface area contributed by atoms with E-state index in [4.69, 9.17) is 5.73 Å². The van der Waals surface area contributed by atoms with Crippen LogP contribution in [0.1, 0.15) is 10.4 Å². The first-order chi connectivity index (χ1) is 7.22. The lowest BCUT2D eigenvalue weighted by molar-refractivity contribution is 0.0964. The fourth-order valence-corrected chi connectivity index (χ4v) is 1.52. The largest absolute Gasteiger partial charge is 0.384 e. The summed E-state index contributed by atoms with van der Waals surface area (Å²) in [7, 11) is 1.59. The fraction of sp³-hybridized carbons (Fsp3) is 0.0909. The minimum Gasteiger partial charge on any atom is -0.384 e. The summed E-state index contributed by atoms with van der Waals surface area (Å²) in [6.45, 7) is 0. The summed E-state index contributed by atoms with van der Waals surface area (Å²) in [5, 5.41) is 3.39. The first kappa shape index (κ1) is 9.45. The lowest BCUT2D eigenvalue weighted by Crippen LogP contribution is -2.18. The first-order valence-electron chi connectivity index (χ1n) is 4.59. The summed E-state index contributed by atoms with van der Waals surface area (Å²) in [4.78, 5) is 15.7. The number of aromatic nitrogens is 1. The molecule has 1 amide bonds. The minimum atomic E-state index is -0.152. The number of nitrogen functional groups attached to an aromatic ring is 1. The normalized spacial score (nSPS) is 10.2. The highest BCUT2D eigenvalue weighted by Crippen LogP contribution is 2.18. The molecule has 0 bridgehead atoms. The van der Waals surface area contributed by atoms with E-state index in [1.807, 2.05) is 24.3 Å². The van der Waals surface area contributed by atoms with Crippen LogP contribution in [0.3, 0.4) is 0 Å². The van der Waals surface area contributed by atoms with Gasteiger partial charge in [0.25, 0.3) is 5.91 Å². The molecule has 0 fully saturated rings. The molecular formula is C11H11N3O. The van der Waals surface area contributed by atoms with Gasteiger partial charge in [-0.2, -0.15) is 0 Å². The summed E-state index contributed by atoms with van der Waals surface area (Å²) in [5.74, 6) is 0.201. The Kier molecular flexibility index (Phi) is 2.25. The zero-order chi connectivity index (χ0) is 10.8. The molecule has 0 radical (unpaired) electrons. The van der Waals surface area contributed by atoms with Crippen molar-refractivity contribution in [2.24, 2.45) is 0 Å². The summed E-state index contributed by atoms with van der Waals surface area (Å²) >= 11 is 0. The second-order valence-corrected chi connectivity index (χ2v) is 3.19. The van der Waals surface area contributed by atoms with E-state index in [2.05, 4.69) is 10.3 Å². The van der Waals surface area contributed by atoms with Crippen LogP contribution in [-0.2, 0) is 0 Å². The van der Waals surface area contributed by atoms with Crippen molar-refractivity contribution in [3.8, 4) is 0 Å². The van der Waals surface area contributed by atoms with Gasteiger partial charge in [0.2, 0.25) is 0 Å².